The third-order valence-electron chi connectivity index (χ3n) is 2.88. The third-order valence-corrected chi connectivity index (χ3v) is 4.60. The Hall–Kier alpha value is -0.990. The van der Waals surface area contributed by atoms with Gasteiger partial charge in [0, 0.05) is 10.6 Å². The molecular weight excluding hydrogens is 453 g/mol. The molecule has 22 heavy (non-hydrogen) atoms. The van der Waals surface area contributed by atoms with Crippen LogP contribution in [0.5, 0.6) is 5.75 Å². The predicted octanol–water partition coefficient (Wildman–Crippen LogP) is 6.59. The van der Waals surface area contributed by atoms with Gasteiger partial charge in [0.1, 0.15) is 5.75 Å². The zero-order valence-corrected chi connectivity index (χ0v) is 16.0. The van der Waals surface area contributed by atoms with E-state index in [4.69, 9.17) is 27.9 Å². The zero-order chi connectivity index (χ0) is 16.3. The highest BCUT2D eigenvalue weighted by molar-refractivity contribution is 9.11. The van der Waals surface area contributed by atoms with E-state index in [1.54, 1.807) is 31.4 Å². The molecule has 2 aromatic rings. The maximum Gasteiger partial charge on any atom is 0.147 e. The van der Waals surface area contributed by atoms with Crippen molar-refractivity contribution >= 4 is 66.7 Å². The predicted molar refractivity (Wildman–Crippen MR) is 98.3 cm³/mol. The topological polar surface area (TPSA) is 33.0 Å². The minimum atomic E-state index is 0.437. The Morgan fingerprint density at radius 3 is 2.32 bits per heavy atom. The van der Waals surface area contributed by atoms with Gasteiger partial charge in [-0.15, -0.1) is 0 Å². The van der Waals surface area contributed by atoms with Crippen LogP contribution in [-0.4, -0.2) is 7.11 Å². The van der Waals surface area contributed by atoms with Gasteiger partial charge in [0.25, 0.3) is 0 Å². The minimum absolute atomic E-state index is 0.437. The van der Waals surface area contributed by atoms with Crippen molar-refractivity contribution in [2.24, 2.45) is 0 Å². The Kier molecular flexibility index (Phi) is 5.94. The Labute approximate surface area is 155 Å². The molecule has 0 aliphatic rings. The number of hydrogen-bond acceptors (Lipinski definition) is 2. The Bertz CT molecular complexity index is 774. The first-order chi connectivity index (χ1) is 10.5. The van der Waals surface area contributed by atoms with Gasteiger partial charge in [0.2, 0.25) is 0 Å². The molecule has 2 aromatic carbocycles. The molecule has 0 fully saturated rings. The fourth-order valence-electron chi connectivity index (χ4n) is 1.90. The van der Waals surface area contributed by atoms with Gasteiger partial charge in [-0.3, -0.25) is 0 Å². The normalized spacial score (nSPS) is 11.2. The quantitative estimate of drug-likeness (QED) is 0.381. The first kappa shape index (κ1) is 17.4. The summed E-state index contributed by atoms with van der Waals surface area (Å²) in [5, 5.41) is 10.4. The summed E-state index contributed by atoms with van der Waals surface area (Å²) in [7, 11) is 1.59. The van der Waals surface area contributed by atoms with Gasteiger partial charge >= 0.3 is 0 Å². The SMILES string of the molecule is COc1c(Br)cc(/C=C(\C#N)c2ccc(Cl)cc2Cl)cc1Br. The second-order valence-electron chi connectivity index (χ2n) is 4.31. The van der Waals surface area contributed by atoms with Crippen molar-refractivity contribution in [1.29, 1.82) is 5.26 Å². The molecule has 2 nitrogen and oxygen atoms in total. The number of nitrogens with zero attached hydrogens (tertiary/aromatic N) is 1. The van der Waals surface area contributed by atoms with Crippen LogP contribution in [0.3, 0.4) is 0 Å². The van der Waals surface area contributed by atoms with Gasteiger partial charge in [-0.25, -0.2) is 0 Å². The summed E-state index contributed by atoms with van der Waals surface area (Å²) in [6.45, 7) is 0. The molecule has 0 unspecified atom stereocenters. The number of hydrogen-bond donors (Lipinski definition) is 0. The second kappa shape index (κ2) is 7.52. The van der Waals surface area contributed by atoms with Crippen LogP contribution < -0.4 is 4.74 Å². The van der Waals surface area contributed by atoms with E-state index in [1.807, 2.05) is 12.1 Å². The summed E-state index contributed by atoms with van der Waals surface area (Å²) in [5.74, 6) is 0.695. The van der Waals surface area contributed by atoms with Crippen LogP contribution in [-0.2, 0) is 0 Å². The smallest absolute Gasteiger partial charge is 0.147 e. The monoisotopic (exact) mass is 459 g/mol. The molecule has 0 amide bonds. The molecule has 0 aliphatic carbocycles. The number of methoxy groups -OCH3 is 1. The van der Waals surface area contributed by atoms with Crippen LogP contribution in [0, 0.1) is 11.3 Å². The summed E-state index contributed by atoms with van der Waals surface area (Å²) < 4.78 is 6.84. The molecule has 0 aromatic heterocycles. The standard InChI is InChI=1S/C16H9Br2Cl2NO/c1-22-16-13(17)5-9(6-14(16)18)4-10(8-21)12-3-2-11(19)7-15(12)20/h2-7H,1H3/b10-4+. The number of halogens is 4. The van der Waals surface area contributed by atoms with E-state index < -0.39 is 0 Å². The van der Waals surface area contributed by atoms with Crippen LogP contribution in [0.15, 0.2) is 39.3 Å². The lowest BCUT2D eigenvalue weighted by atomic mass is 10.0. The highest BCUT2D eigenvalue weighted by Gasteiger charge is 2.10. The summed E-state index contributed by atoms with van der Waals surface area (Å²) in [6.07, 6.45) is 1.75. The van der Waals surface area contributed by atoms with Crippen LogP contribution in [0.4, 0.5) is 0 Å². The van der Waals surface area contributed by atoms with E-state index in [1.165, 1.54) is 0 Å². The summed E-state index contributed by atoms with van der Waals surface area (Å²) in [4.78, 5) is 0. The number of benzene rings is 2. The first-order valence-corrected chi connectivity index (χ1v) is 8.40. The van der Waals surface area contributed by atoms with Gasteiger partial charge in [0.05, 0.1) is 32.7 Å². The van der Waals surface area contributed by atoms with Crippen molar-refractivity contribution in [3.63, 3.8) is 0 Å². The maximum absolute atomic E-state index is 9.42. The van der Waals surface area contributed by atoms with Crippen molar-refractivity contribution in [1.82, 2.24) is 0 Å². The summed E-state index contributed by atoms with van der Waals surface area (Å²) >= 11 is 18.9. The van der Waals surface area contributed by atoms with Crippen molar-refractivity contribution in [2.45, 2.75) is 0 Å². The Morgan fingerprint density at radius 2 is 1.82 bits per heavy atom. The Balaban J connectivity index is 2.52. The van der Waals surface area contributed by atoms with Gasteiger partial charge in [0.15, 0.2) is 0 Å². The third kappa shape index (κ3) is 3.85. The molecule has 0 saturated heterocycles. The van der Waals surface area contributed by atoms with Crippen LogP contribution in [0.25, 0.3) is 11.6 Å². The number of allylic oxidation sites excluding steroid dienone is 1. The lowest BCUT2D eigenvalue weighted by Crippen LogP contribution is -1.88. The zero-order valence-electron chi connectivity index (χ0n) is 11.3. The molecule has 6 heteroatoms. The number of ether oxygens (including phenoxy) is 1. The van der Waals surface area contributed by atoms with Gasteiger partial charge in [-0.1, -0.05) is 29.3 Å². The number of rotatable bonds is 3. The van der Waals surface area contributed by atoms with E-state index in [0.717, 1.165) is 14.5 Å². The van der Waals surface area contributed by atoms with Crippen LogP contribution in [0.1, 0.15) is 11.1 Å². The van der Waals surface area contributed by atoms with Gasteiger partial charge < -0.3 is 4.74 Å². The highest BCUT2D eigenvalue weighted by atomic mass is 79.9. The van der Waals surface area contributed by atoms with Gasteiger partial charge in [-0.05, 0) is 67.8 Å². The average Bonchev–Trinajstić information content (AvgIpc) is 2.45. The average molecular weight is 462 g/mol. The maximum atomic E-state index is 9.42. The lowest BCUT2D eigenvalue weighted by molar-refractivity contribution is 0.409. The van der Waals surface area contributed by atoms with Crippen molar-refractivity contribution in [2.75, 3.05) is 7.11 Å². The minimum Gasteiger partial charge on any atom is -0.494 e. The fourth-order valence-corrected chi connectivity index (χ4v) is 3.96. The molecule has 112 valence electrons. The van der Waals surface area contributed by atoms with E-state index in [-0.39, 0.29) is 0 Å². The molecule has 0 spiro atoms. The van der Waals surface area contributed by atoms with Crippen LogP contribution in [0.2, 0.25) is 10.0 Å². The van der Waals surface area contributed by atoms with Crippen molar-refractivity contribution in [3.05, 3.63) is 60.4 Å². The number of nitriles is 1. The first-order valence-electron chi connectivity index (χ1n) is 6.06. The molecule has 0 N–H and O–H groups in total. The van der Waals surface area contributed by atoms with E-state index in [0.29, 0.717) is 26.9 Å². The molecule has 0 aliphatic heterocycles. The second-order valence-corrected chi connectivity index (χ2v) is 6.86. The molecule has 0 bridgehead atoms. The summed E-state index contributed by atoms with van der Waals surface area (Å²) in [5.41, 5.74) is 1.92. The van der Waals surface area contributed by atoms with Gasteiger partial charge in [-0.2, -0.15) is 5.26 Å². The Morgan fingerprint density at radius 1 is 1.18 bits per heavy atom. The van der Waals surface area contributed by atoms with Crippen molar-refractivity contribution < 1.29 is 4.74 Å². The molecule has 0 radical (unpaired) electrons. The molecule has 0 atom stereocenters. The molecule has 2 rings (SSSR count). The van der Waals surface area contributed by atoms with E-state index in [9.17, 15) is 5.26 Å². The van der Waals surface area contributed by atoms with Crippen molar-refractivity contribution in [3.8, 4) is 11.8 Å². The lowest BCUT2D eigenvalue weighted by Gasteiger charge is -2.08. The molecule has 0 heterocycles. The highest BCUT2D eigenvalue weighted by Crippen LogP contribution is 2.36. The van der Waals surface area contributed by atoms with E-state index in [2.05, 4.69) is 37.9 Å². The largest absolute Gasteiger partial charge is 0.494 e. The molecular formula is C16H9Br2Cl2NO. The fraction of sp³-hybridized carbons (Fsp3) is 0.0625. The van der Waals surface area contributed by atoms with E-state index >= 15 is 0 Å². The summed E-state index contributed by atoms with van der Waals surface area (Å²) in [6, 6.07) is 10.9. The van der Waals surface area contributed by atoms with Crippen LogP contribution >= 0.6 is 55.1 Å². The molecule has 0 saturated carbocycles.